The topological polar surface area (TPSA) is 85.9 Å². The highest BCUT2D eigenvalue weighted by molar-refractivity contribution is 6.31. The zero-order valence-corrected chi connectivity index (χ0v) is 18.6. The molecule has 7 nitrogen and oxygen atoms in total. The summed E-state index contributed by atoms with van der Waals surface area (Å²) < 4.78 is 81.4. The van der Waals surface area contributed by atoms with Crippen molar-refractivity contribution in [1.82, 2.24) is 19.9 Å². The molecule has 3 N–H and O–H groups in total. The van der Waals surface area contributed by atoms with E-state index in [1.807, 2.05) is 0 Å². The van der Waals surface area contributed by atoms with Crippen molar-refractivity contribution < 1.29 is 31.1 Å². The number of hydrogen-bond donors (Lipinski definition) is 3. The highest BCUT2D eigenvalue weighted by atomic mass is 35.5. The average molecular weight is 521 g/mol. The van der Waals surface area contributed by atoms with Crippen molar-refractivity contribution in [2.45, 2.75) is 37.3 Å². The summed E-state index contributed by atoms with van der Waals surface area (Å²) in [6.07, 6.45) is -6.25. The molecule has 14 heteroatoms. The number of H-pyrrole nitrogens is 1. The first-order chi connectivity index (χ1) is 16.4. The molecule has 1 aliphatic heterocycles. The molecular weight excluding hydrogens is 502 g/mol. The summed E-state index contributed by atoms with van der Waals surface area (Å²) in [6.45, 7) is -0.804. The van der Waals surface area contributed by atoms with Crippen molar-refractivity contribution >= 4 is 40.0 Å². The molecule has 35 heavy (non-hydrogen) atoms. The number of alkyl halides is 6. The number of nitrogens with one attached hydrogen (secondary N) is 3. The van der Waals surface area contributed by atoms with Crippen LogP contribution in [0.15, 0.2) is 36.8 Å². The molecule has 0 spiro atoms. The molecule has 0 aliphatic carbocycles. The van der Waals surface area contributed by atoms with Gasteiger partial charge in [0.25, 0.3) is 0 Å². The number of aromatic nitrogens is 3. The normalized spacial score (nSPS) is 19.1. The van der Waals surface area contributed by atoms with Crippen molar-refractivity contribution in [3.8, 4) is 0 Å². The summed E-state index contributed by atoms with van der Waals surface area (Å²) in [4.78, 5) is 24.4. The Labute approximate surface area is 199 Å². The molecule has 0 saturated carbocycles. The number of fused-ring (bicyclic) bond motifs is 1. The summed E-state index contributed by atoms with van der Waals surface area (Å²) in [5.41, 5.74) is -0.737. The van der Waals surface area contributed by atoms with Crippen LogP contribution in [0.4, 0.5) is 37.8 Å². The lowest BCUT2D eigenvalue weighted by Gasteiger charge is -2.42. The van der Waals surface area contributed by atoms with Crippen LogP contribution < -0.4 is 10.6 Å². The number of rotatable bonds is 5. The Bertz CT molecular complexity index is 1210. The predicted octanol–water partition coefficient (Wildman–Crippen LogP) is 5.08. The van der Waals surface area contributed by atoms with Gasteiger partial charge in [0.15, 0.2) is 0 Å². The summed E-state index contributed by atoms with van der Waals surface area (Å²) in [5, 5.41) is 5.54. The molecule has 2 aromatic heterocycles. The molecule has 2 unspecified atom stereocenters. The lowest BCUT2D eigenvalue weighted by Crippen LogP contribution is -2.61. The SMILES string of the molecule is O=C(CNc1cc(Cl)cc(C(F)(F)F)c1)N1CCCC(Nc2ncnc3[nH]ccc23)C1C(F)(F)F. The zero-order valence-electron chi connectivity index (χ0n) is 17.8. The molecule has 188 valence electrons. The van der Waals surface area contributed by atoms with Crippen molar-refractivity contribution in [2.75, 3.05) is 23.7 Å². The molecule has 4 rings (SSSR count). The van der Waals surface area contributed by atoms with Gasteiger partial charge in [0.1, 0.15) is 23.8 Å². The fourth-order valence-corrected chi connectivity index (χ4v) is 4.36. The number of benzene rings is 1. The number of amides is 1. The molecule has 3 aromatic rings. The van der Waals surface area contributed by atoms with E-state index in [4.69, 9.17) is 11.6 Å². The fraction of sp³-hybridized carbons (Fsp3) is 0.381. The smallest absolute Gasteiger partial charge is 0.376 e. The molecule has 2 atom stereocenters. The first-order valence-corrected chi connectivity index (χ1v) is 10.8. The van der Waals surface area contributed by atoms with Gasteiger partial charge in [-0.3, -0.25) is 4.79 Å². The molecule has 3 heterocycles. The molecule has 1 saturated heterocycles. The molecule has 1 aliphatic rings. The van der Waals surface area contributed by atoms with Gasteiger partial charge in [0.05, 0.1) is 23.5 Å². The number of carbonyl (C=O) groups excluding carboxylic acids is 1. The highest BCUT2D eigenvalue weighted by Gasteiger charge is 2.51. The van der Waals surface area contributed by atoms with Gasteiger partial charge < -0.3 is 20.5 Å². The summed E-state index contributed by atoms with van der Waals surface area (Å²) in [7, 11) is 0. The van der Waals surface area contributed by atoms with E-state index < -0.39 is 42.5 Å². The Morgan fingerprint density at radius 1 is 1.17 bits per heavy atom. The molecule has 0 bridgehead atoms. The predicted molar refractivity (Wildman–Crippen MR) is 117 cm³/mol. The van der Waals surface area contributed by atoms with Crippen molar-refractivity contribution in [1.29, 1.82) is 0 Å². The van der Waals surface area contributed by atoms with Crippen LogP contribution in [0.5, 0.6) is 0 Å². The fourth-order valence-electron chi connectivity index (χ4n) is 4.13. The molecule has 1 aromatic carbocycles. The van der Waals surface area contributed by atoms with Gasteiger partial charge in [-0.15, -0.1) is 0 Å². The van der Waals surface area contributed by atoms with Gasteiger partial charge >= 0.3 is 12.4 Å². The van der Waals surface area contributed by atoms with Crippen LogP contribution in [0.3, 0.4) is 0 Å². The molecular formula is C21H19ClF6N6O. The first-order valence-electron chi connectivity index (χ1n) is 10.5. The number of halogens is 7. The standard InChI is InChI=1S/C21H19ClF6N6O/c22-12-6-11(20(23,24)25)7-13(8-12)30-9-16(35)34-5-1-2-15(17(34)21(26,27)28)33-19-14-3-4-29-18(14)31-10-32-19/h3-4,6-8,10,15,17,30H,1-2,5,9H2,(H2,29,31,32,33). The summed E-state index contributed by atoms with van der Waals surface area (Å²) >= 11 is 5.73. The van der Waals surface area contributed by atoms with E-state index in [0.29, 0.717) is 22.0 Å². The largest absolute Gasteiger partial charge is 0.416 e. The number of aromatic amines is 1. The number of carbonyl (C=O) groups is 1. The van der Waals surface area contributed by atoms with E-state index in [0.717, 1.165) is 12.1 Å². The Hall–Kier alpha value is -3.22. The minimum Gasteiger partial charge on any atom is -0.376 e. The number of hydrogen-bond acceptors (Lipinski definition) is 5. The maximum Gasteiger partial charge on any atom is 0.416 e. The van der Waals surface area contributed by atoms with Crippen molar-refractivity contribution in [3.63, 3.8) is 0 Å². The van der Waals surface area contributed by atoms with E-state index in [2.05, 4.69) is 25.6 Å². The quantitative estimate of drug-likeness (QED) is 0.409. The lowest BCUT2D eigenvalue weighted by molar-refractivity contribution is -0.197. The maximum atomic E-state index is 14.1. The second-order valence-corrected chi connectivity index (χ2v) is 8.45. The second kappa shape index (κ2) is 9.44. The Morgan fingerprint density at radius 2 is 1.94 bits per heavy atom. The van der Waals surface area contributed by atoms with Crippen LogP contribution in [-0.2, 0) is 11.0 Å². The molecule has 1 fully saturated rings. The van der Waals surface area contributed by atoms with Gasteiger partial charge in [0, 0.05) is 23.5 Å². The molecule has 0 radical (unpaired) electrons. The van der Waals surface area contributed by atoms with Crippen molar-refractivity contribution in [2.24, 2.45) is 0 Å². The van der Waals surface area contributed by atoms with E-state index in [-0.39, 0.29) is 35.9 Å². The monoisotopic (exact) mass is 520 g/mol. The van der Waals surface area contributed by atoms with Crippen LogP contribution >= 0.6 is 11.6 Å². The van der Waals surface area contributed by atoms with Gasteiger partial charge in [0.2, 0.25) is 5.91 Å². The van der Waals surface area contributed by atoms with E-state index >= 15 is 0 Å². The number of piperidine rings is 1. The Morgan fingerprint density at radius 3 is 2.66 bits per heavy atom. The van der Waals surface area contributed by atoms with Gasteiger partial charge in [-0.05, 0) is 37.1 Å². The first kappa shape index (κ1) is 24.9. The third kappa shape index (κ3) is 5.55. The average Bonchev–Trinajstić information content (AvgIpc) is 3.25. The van der Waals surface area contributed by atoms with Gasteiger partial charge in [-0.25, -0.2) is 9.97 Å². The van der Waals surface area contributed by atoms with Crippen LogP contribution in [0, 0.1) is 0 Å². The van der Waals surface area contributed by atoms with Crippen LogP contribution in [-0.4, -0.2) is 57.1 Å². The number of nitrogens with zero attached hydrogens (tertiary/aromatic N) is 3. The summed E-state index contributed by atoms with van der Waals surface area (Å²) in [5.74, 6) is -0.719. The Kier molecular flexibility index (Phi) is 6.71. The van der Waals surface area contributed by atoms with Crippen LogP contribution in [0.1, 0.15) is 18.4 Å². The maximum absolute atomic E-state index is 14.1. The third-order valence-corrected chi connectivity index (χ3v) is 5.85. The second-order valence-electron chi connectivity index (χ2n) is 8.01. The summed E-state index contributed by atoms with van der Waals surface area (Å²) in [6, 6.07) is 0.865. The van der Waals surface area contributed by atoms with E-state index in [1.54, 1.807) is 12.3 Å². The van der Waals surface area contributed by atoms with E-state index in [1.165, 1.54) is 6.33 Å². The number of anilines is 2. The van der Waals surface area contributed by atoms with Crippen LogP contribution in [0.2, 0.25) is 5.02 Å². The zero-order chi connectivity index (χ0) is 25.4. The van der Waals surface area contributed by atoms with E-state index in [9.17, 15) is 31.1 Å². The minimum absolute atomic E-state index is 0.126. The Balaban J connectivity index is 1.53. The third-order valence-electron chi connectivity index (χ3n) is 5.63. The lowest BCUT2D eigenvalue weighted by atomic mass is 9.95. The minimum atomic E-state index is -4.77. The van der Waals surface area contributed by atoms with Crippen LogP contribution in [0.25, 0.3) is 11.0 Å². The van der Waals surface area contributed by atoms with Crippen molar-refractivity contribution in [3.05, 3.63) is 47.4 Å². The molecule has 1 amide bonds. The highest BCUT2D eigenvalue weighted by Crippen LogP contribution is 2.35. The number of likely N-dealkylation sites (tertiary alicyclic amines) is 1. The van der Waals surface area contributed by atoms with Gasteiger partial charge in [-0.1, -0.05) is 11.6 Å². The van der Waals surface area contributed by atoms with Gasteiger partial charge in [-0.2, -0.15) is 26.3 Å².